The summed E-state index contributed by atoms with van der Waals surface area (Å²) in [5, 5.41) is 0.416. The Balaban J connectivity index is 1.93. The van der Waals surface area contributed by atoms with Crippen molar-refractivity contribution in [1.82, 2.24) is 5.06 Å². The van der Waals surface area contributed by atoms with Crippen LogP contribution in [0.1, 0.15) is 36.5 Å². The van der Waals surface area contributed by atoms with Gasteiger partial charge in [-0.1, -0.05) is 5.06 Å². The maximum Gasteiger partial charge on any atom is 0.534 e. The van der Waals surface area contributed by atoms with Crippen molar-refractivity contribution in [3.05, 3.63) is 28.8 Å². The number of hydrogen-bond acceptors (Lipinski definition) is 8. The second kappa shape index (κ2) is 9.13. The fourth-order valence-corrected chi connectivity index (χ4v) is 2.51. The molecular weight excluding hydrogens is 358 g/mol. The molecular formula is C18H21NO8. The summed E-state index contributed by atoms with van der Waals surface area (Å²) < 4.78 is 15.2. The van der Waals surface area contributed by atoms with Crippen molar-refractivity contribution >= 4 is 23.9 Å². The van der Waals surface area contributed by atoms with Crippen LogP contribution in [0.2, 0.25) is 0 Å². The van der Waals surface area contributed by atoms with Gasteiger partial charge in [0.1, 0.15) is 19.0 Å². The number of hydroxylamine groups is 2. The lowest BCUT2D eigenvalue weighted by atomic mass is 10.1. The molecule has 0 spiro atoms. The van der Waals surface area contributed by atoms with Crippen LogP contribution in [0.5, 0.6) is 5.75 Å². The summed E-state index contributed by atoms with van der Waals surface area (Å²) in [7, 11) is 0. The van der Waals surface area contributed by atoms with Crippen molar-refractivity contribution in [3.8, 4) is 5.75 Å². The second-order valence-electron chi connectivity index (χ2n) is 5.88. The fourth-order valence-electron chi connectivity index (χ4n) is 2.51. The van der Waals surface area contributed by atoms with Gasteiger partial charge in [-0.25, -0.2) is 9.59 Å². The minimum absolute atomic E-state index is 0.00792. The molecule has 2 amide bonds. The van der Waals surface area contributed by atoms with E-state index in [2.05, 4.69) is 4.84 Å². The number of ether oxygens (including phenoxy) is 3. The van der Waals surface area contributed by atoms with Gasteiger partial charge < -0.3 is 14.2 Å². The Labute approximate surface area is 156 Å². The van der Waals surface area contributed by atoms with E-state index in [0.717, 1.165) is 0 Å². The normalized spacial score (nSPS) is 13.7. The SMILES string of the molecule is CCOCC(=O)Oc1c(C)cc(COC(=O)ON2C(=O)CCC2=O)cc1C. The number of hydrogen-bond donors (Lipinski definition) is 0. The van der Waals surface area contributed by atoms with Crippen molar-refractivity contribution < 1.29 is 38.2 Å². The number of carbonyl (C=O) groups excluding carboxylic acids is 4. The molecule has 9 heteroatoms. The standard InChI is InChI=1S/C18H21NO8/c1-4-24-10-16(22)26-17-11(2)7-13(8-12(17)3)9-25-18(23)27-19-14(20)5-6-15(19)21/h7-8H,4-6,9-10H2,1-3H3. The zero-order valence-electron chi connectivity index (χ0n) is 15.4. The lowest BCUT2D eigenvalue weighted by Crippen LogP contribution is -2.32. The molecule has 1 aliphatic rings. The topological polar surface area (TPSA) is 108 Å². The van der Waals surface area contributed by atoms with E-state index in [1.54, 1.807) is 32.9 Å². The molecule has 1 heterocycles. The molecule has 1 saturated heterocycles. The Morgan fingerprint density at radius 1 is 1.07 bits per heavy atom. The van der Waals surface area contributed by atoms with E-state index in [1.165, 1.54) is 0 Å². The third-order valence-corrected chi connectivity index (χ3v) is 3.69. The van der Waals surface area contributed by atoms with Gasteiger partial charge in [0.15, 0.2) is 0 Å². The average molecular weight is 379 g/mol. The van der Waals surface area contributed by atoms with Crippen LogP contribution in [0.4, 0.5) is 4.79 Å². The van der Waals surface area contributed by atoms with Gasteiger partial charge in [-0.2, -0.15) is 0 Å². The average Bonchev–Trinajstić information content (AvgIpc) is 2.93. The van der Waals surface area contributed by atoms with Gasteiger partial charge in [0, 0.05) is 19.4 Å². The third kappa shape index (κ3) is 5.52. The highest BCUT2D eigenvalue weighted by Gasteiger charge is 2.33. The molecule has 0 radical (unpaired) electrons. The number of nitrogens with zero attached hydrogens (tertiary/aromatic N) is 1. The lowest BCUT2D eigenvalue weighted by molar-refractivity contribution is -0.177. The monoisotopic (exact) mass is 379 g/mol. The molecule has 0 aliphatic carbocycles. The fraction of sp³-hybridized carbons (Fsp3) is 0.444. The minimum atomic E-state index is -1.15. The maximum absolute atomic E-state index is 11.7. The van der Waals surface area contributed by atoms with Gasteiger partial charge in [0.25, 0.3) is 11.8 Å². The van der Waals surface area contributed by atoms with E-state index in [1.807, 2.05) is 0 Å². The van der Waals surface area contributed by atoms with E-state index in [0.29, 0.717) is 34.1 Å². The van der Waals surface area contributed by atoms with Crippen LogP contribution in [0.15, 0.2) is 12.1 Å². The summed E-state index contributed by atoms with van der Waals surface area (Å²) in [5.41, 5.74) is 1.99. The summed E-state index contributed by atoms with van der Waals surface area (Å²) in [6, 6.07) is 3.38. The molecule has 0 saturated carbocycles. The van der Waals surface area contributed by atoms with Crippen LogP contribution in [0.25, 0.3) is 0 Å². The van der Waals surface area contributed by atoms with E-state index in [9.17, 15) is 19.2 Å². The second-order valence-corrected chi connectivity index (χ2v) is 5.88. The quantitative estimate of drug-likeness (QED) is 0.402. The number of esters is 1. The molecule has 27 heavy (non-hydrogen) atoms. The molecule has 9 nitrogen and oxygen atoms in total. The first-order valence-electron chi connectivity index (χ1n) is 8.40. The van der Waals surface area contributed by atoms with Crippen LogP contribution < -0.4 is 4.74 Å². The predicted molar refractivity (Wildman–Crippen MR) is 90.4 cm³/mol. The van der Waals surface area contributed by atoms with E-state index in [4.69, 9.17) is 14.2 Å². The zero-order chi connectivity index (χ0) is 20.0. The zero-order valence-corrected chi connectivity index (χ0v) is 15.4. The molecule has 1 fully saturated rings. The van der Waals surface area contributed by atoms with Gasteiger partial charge in [-0.3, -0.25) is 14.4 Å². The van der Waals surface area contributed by atoms with Gasteiger partial charge in [-0.05, 0) is 49.6 Å². The van der Waals surface area contributed by atoms with Crippen LogP contribution in [-0.2, 0) is 35.3 Å². The molecule has 146 valence electrons. The van der Waals surface area contributed by atoms with Crippen LogP contribution >= 0.6 is 0 Å². The number of carbonyl (C=O) groups is 4. The van der Waals surface area contributed by atoms with Crippen molar-refractivity contribution in [2.45, 2.75) is 40.2 Å². The van der Waals surface area contributed by atoms with Gasteiger partial charge in [0.05, 0.1) is 0 Å². The molecule has 0 atom stereocenters. The van der Waals surface area contributed by atoms with E-state index in [-0.39, 0.29) is 26.1 Å². The predicted octanol–water partition coefficient (Wildman–Crippen LogP) is 1.96. The van der Waals surface area contributed by atoms with Gasteiger partial charge >= 0.3 is 12.1 Å². The number of rotatable bonds is 7. The Kier molecular flexibility index (Phi) is 6.89. The smallest absolute Gasteiger partial charge is 0.428 e. The highest BCUT2D eigenvalue weighted by atomic mass is 16.8. The summed E-state index contributed by atoms with van der Waals surface area (Å²) in [6.07, 6.45) is -1.14. The van der Waals surface area contributed by atoms with E-state index < -0.39 is 23.9 Å². The third-order valence-electron chi connectivity index (χ3n) is 3.69. The van der Waals surface area contributed by atoms with Crippen LogP contribution in [-0.4, -0.2) is 42.2 Å². The molecule has 1 aromatic carbocycles. The van der Waals surface area contributed by atoms with Crippen molar-refractivity contribution in [2.24, 2.45) is 0 Å². The number of imide groups is 1. The first-order valence-corrected chi connectivity index (χ1v) is 8.40. The summed E-state index contributed by atoms with van der Waals surface area (Å²) in [4.78, 5) is 50.8. The van der Waals surface area contributed by atoms with E-state index >= 15 is 0 Å². The molecule has 0 bridgehead atoms. The Bertz CT molecular complexity index is 719. The number of aryl methyl sites for hydroxylation is 2. The van der Waals surface area contributed by atoms with Crippen molar-refractivity contribution in [1.29, 1.82) is 0 Å². The minimum Gasteiger partial charge on any atom is -0.428 e. The first kappa shape index (κ1) is 20.4. The maximum atomic E-state index is 11.7. The van der Waals surface area contributed by atoms with Crippen LogP contribution in [0.3, 0.4) is 0 Å². The Morgan fingerprint density at radius 3 is 2.22 bits per heavy atom. The Hall–Kier alpha value is -2.94. The highest BCUT2D eigenvalue weighted by molar-refractivity contribution is 6.01. The number of amides is 2. The highest BCUT2D eigenvalue weighted by Crippen LogP contribution is 2.25. The molecule has 2 rings (SSSR count). The van der Waals surface area contributed by atoms with Crippen molar-refractivity contribution in [3.63, 3.8) is 0 Å². The van der Waals surface area contributed by atoms with Crippen LogP contribution in [0, 0.1) is 13.8 Å². The Morgan fingerprint density at radius 2 is 1.67 bits per heavy atom. The van der Waals surface area contributed by atoms with Gasteiger partial charge in [-0.15, -0.1) is 0 Å². The molecule has 1 aliphatic heterocycles. The first-order chi connectivity index (χ1) is 12.8. The molecule has 0 N–H and O–H groups in total. The van der Waals surface area contributed by atoms with Crippen molar-refractivity contribution in [2.75, 3.05) is 13.2 Å². The summed E-state index contributed by atoms with van der Waals surface area (Å²) in [6.45, 7) is 5.41. The summed E-state index contributed by atoms with van der Waals surface area (Å²) in [5.74, 6) is -1.25. The molecule has 1 aromatic rings. The molecule has 0 aromatic heterocycles. The summed E-state index contributed by atoms with van der Waals surface area (Å²) >= 11 is 0. The largest absolute Gasteiger partial charge is 0.534 e. The lowest BCUT2D eigenvalue weighted by Gasteiger charge is -2.14. The van der Waals surface area contributed by atoms with Gasteiger partial charge in [0.2, 0.25) is 0 Å². The number of benzene rings is 1. The molecule has 0 unspecified atom stereocenters.